The number of benzene rings is 1. The molecule has 12 heavy (non-hydrogen) atoms. The van der Waals surface area contributed by atoms with Gasteiger partial charge < -0.3 is 10.9 Å². The van der Waals surface area contributed by atoms with E-state index in [-0.39, 0.29) is 11.9 Å². The van der Waals surface area contributed by atoms with Gasteiger partial charge in [0.15, 0.2) is 0 Å². The number of hydrogen-bond donors (Lipinski definition) is 1. The molecule has 2 nitrogen and oxygen atoms in total. The van der Waals surface area contributed by atoms with Crippen LogP contribution in [0.4, 0.5) is 8.78 Å². The van der Waals surface area contributed by atoms with Crippen molar-refractivity contribution in [2.24, 2.45) is 0 Å². The van der Waals surface area contributed by atoms with E-state index in [0.717, 1.165) is 0 Å². The van der Waals surface area contributed by atoms with Crippen LogP contribution in [0.25, 0.3) is 0 Å². The molecule has 0 aliphatic heterocycles. The summed E-state index contributed by atoms with van der Waals surface area (Å²) in [6.07, 6.45) is 0. The maximum Gasteiger partial charge on any atom is 0.387 e. The average Bonchev–Trinajstić information content (AvgIpc) is 1.93. The Morgan fingerprint density at radius 1 is 1.25 bits per heavy atom. The molecule has 0 bridgehead atoms. The van der Waals surface area contributed by atoms with E-state index in [1.807, 2.05) is 0 Å². The van der Waals surface area contributed by atoms with E-state index in [4.69, 9.17) is 0 Å². The second kappa shape index (κ2) is 4.66. The van der Waals surface area contributed by atoms with Gasteiger partial charge in [-0.1, -0.05) is 18.2 Å². The lowest BCUT2D eigenvalue weighted by molar-refractivity contribution is -0.0502. The highest BCUT2D eigenvalue weighted by Crippen LogP contribution is 2.18. The van der Waals surface area contributed by atoms with Crippen LogP contribution in [0.3, 0.4) is 0 Å². The first-order chi connectivity index (χ1) is 5.20. The highest BCUT2D eigenvalue weighted by molar-refractivity contribution is 5.31. The van der Waals surface area contributed by atoms with Gasteiger partial charge in [-0.15, -0.1) is 0 Å². The number of para-hydroxylation sites is 1. The van der Waals surface area contributed by atoms with Gasteiger partial charge in [-0.05, 0) is 18.6 Å². The third kappa shape index (κ3) is 2.84. The van der Waals surface area contributed by atoms with Crippen molar-refractivity contribution in [1.29, 1.82) is 0 Å². The molecular weight excluding hydrogens is 164 g/mol. The number of alkyl halides is 2. The van der Waals surface area contributed by atoms with Gasteiger partial charge in [-0.25, -0.2) is 0 Å². The van der Waals surface area contributed by atoms with Crippen LogP contribution >= 0.6 is 0 Å². The highest BCUT2D eigenvalue weighted by Gasteiger charge is 2.04. The smallest absolute Gasteiger partial charge is 0.387 e. The Labute approximate surface area is 69.7 Å². The summed E-state index contributed by atoms with van der Waals surface area (Å²) in [7, 11) is 0. The zero-order valence-corrected chi connectivity index (χ0v) is 6.76. The molecule has 0 aromatic heterocycles. The topological polar surface area (TPSA) is 44.2 Å². The van der Waals surface area contributed by atoms with Crippen molar-refractivity contribution in [3.63, 3.8) is 0 Å². The number of hydrogen-bond acceptors (Lipinski definition) is 2. The molecule has 3 N–H and O–H groups in total. The minimum atomic E-state index is -2.74. The summed E-state index contributed by atoms with van der Waals surface area (Å²) < 4.78 is 27.6. The van der Waals surface area contributed by atoms with Crippen LogP contribution in [0.1, 0.15) is 5.56 Å². The van der Waals surface area contributed by atoms with Gasteiger partial charge in [0.25, 0.3) is 0 Å². The Hall–Kier alpha value is -1.16. The molecule has 0 unspecified atom stereocenters. The summed E-state index contributed by atoms with van der Waals surface area (Å²) in [4.78, 5) is 0. The molecule has 1 aromatic carbocycles. The predicted molar refractivity (Wildman–Crippen MR) is 42.8 cm³/mol. The molecule has 4 heteroatoms. The van der Waals surface area contributed by atoms with Crippen molar-refractivity contribution in [3.05, 3.63) is 29.8 Å². The van der Waals surface area contributed by atoms with Gasteiger partial charge in [0.1, 0.15) is 5.75 Å². The average molecular weight is 175 g/mol. The summed E-state index contributed by atoms with van der Waals surface area (Å²) in [6, 6.07) is 6.66. The van der Waals surface area contributed by atoms with Crippen molar-refractivity contribution < 1.29 is 13.5 Å². The third-order valence-electron chi connectivity index (χ3n) is 1.31. The Bertz CT molecular complexity index is 240. The van der Waals surface area contributed by atoms with E-state index in [0.29, 0.717) is 5.56 Å². The Morgan fingerprint density at radius 2 is 1.83 bits per heavy atom. The molecule has 0 spiro atoms. The second-order valence-electron chi connectivity index (χ2n) is 2.14. The molecule has 0 saturated heterocycles. The number of halogens is 2. The lowest BCUT2D eigenvalue weighted by Gasteiger charge is -2.05. The molecule has 0 radical (unpaired) electrons. The molecule has 1 aromatic rings. The molecule has 1 rings (SSSR count). The fourth-order valence-electron chi connectivity index (χ4n) is 0.785. The first kappa shape index (κ1) is 10.8. The number of rotatable bonds is 2. The van der Waals surface area contributed by atoms with Crippen molar-refractivity contribution in [1.82, 2.24) is 6.15 Å². The maximum absolute atomic E-state index is 11.7. The molecule has 0 fully saturated rings. The highest BCUT2D eigenvalue weighted by atomic mass is 19.3. The first-order valence-electron chi connectivity index (χ1n) is 3.20. The van der Waals surface area contributed by atoms with Crippen LogP contribution < -0.4 is 10.9 Å². The largest absolute Gasteiger partial charge is 0.435 e. The Balaban J connectivity index is 0.00000121. The number of aryl methyl sites for hydroxylation is 1. The fraction of sp³-hybridized carbons (Fsp3) is 0.250. The Kier molecular flexibility index (Phi) is 4.21. The minimum absolute atomic E-state index is 0. The van der Waals surface area contributed by atoms with Gasteiger partial charge in [-0.2, -0.15) is 8.78 Å². The quantitative estimate of drug-likeness (QED) is 0.751. The zero-order valence-electron chi connectivity index (χ0n) is 6.76. The van der Waals surface area contributed by atoms with Crippen molar-refractivity contribution >= 4 is 0 Å². The van der Waals surface area contributed by atoms with Gasteiger partial charge in [0.05, 0.1) is 0 Å². The van der Waals surface area contributed by atoms with Crippen LogP contribution in [-0.2, 0) is 0 Å². The van der Waals surface area contributed by atoms with Crippen LogP contribution in [0.2, 0.25) is 0 Å². The lowest BCUT2D eigenvalue weighted by atomic mass is 10.2. The predicted octanol–water partition coefficient (Wildman–Crippen LogP) is 2.76. The van der Waals surface area contributed by atoms with Crippen LogP contribution in [-0.4, -0.2) is 6.61 Å². The Morgan fingerprint density at radius 3 is 2.33 bits per heavy atom. The molecule has 0 heterocycles. The summed E-state index contributed by atoms with van der Waals surface area (Å²) in [5.74, 6) is 0.238. The summed E-state index contributed by atoms with van der Waals surface area (Å²) >= 11 is 0. The molecule has 0 atom stereocenters. The van der Waals surface area contributed by atoms with Crippen LogP contribution in [0.5, 0.6) is 5.75 Å². The van der Waals surface area contributed by atoms with Gasteiger partial charge in [-0.3, -0.25) is 0 Å². The van der Waals surface area contributed by atoms with E-state index in [1.165, 1.54) is 6.07 Å². The summed E-state index contributed by atoms with van der Waals surface area (Å²) in [5.41, 5.74) is 0.716. The molecular formula is C8H11F2NO. The number of ether oxygens (including phenoxy) is 1. The second-order valence-corrected chi connectivity index (χ2v) is 2.14. The SMILES string of the molecule is Cc1ccccc1OC(F)F.N. The molecule has 0 amide bonds. The molecule has 0 aliphatic rings. The fourth-order valence-corrected chi connectivity index (χ4v) is 0.785. The zero-order chi connectivity index (χ0) is 8.27. The first-order valence-corrected chi connectivity index (χ1v) is 3.20. The molecule has 68 valence electrons. The third-order valence-corrected chi connectivity index (χ3v) is 1.31. The van der Waals surface area contributed by atoms with Gasteiger partial charge >= 0.3 is 6.61 Å². The van der Waals surface area contributed by atoms with E-state index < -0.39 is 6.61 Å². The normalized spacial score (nSPS) is 9.33. The molecule has 0 saturated carbocycles. The van der Waals surface area contributed by atoms with E-state index >= 15 is 0 Å². The van der Waals surface area contributed by atoms with Gasteiger partial charge in [0, 0.05) is 0 Å². The summed E-state index contributed by atoms with van der Waals surface area (Å²) in [5, 5.41) is 0. The minimum Gasteiger partial charge on any atom is -0.435 e. The standard InChI is InChI=1S/C8H8F2O.H3N/c1-6-4-2-3-5-7(6)11-8(9)10;/h2-5,8H,1H3;1H3. The van der Waals surface area contributed by atoms with Gasteiger partial charge in [0.2, 0.25) is 0 Å². The van der Waals surface area contributed by atoms with E-state index in [2.05, 4.69) is 4.74 Å². The van der Waals surface area contributed by atoms with E-state index in [1.54, 1.807) is 25.1 Å². The van der Waals surface area contributed by atoms with Crippen molar-refractivity contribution in [2.75, 3.05) is 0 Å². The summed E-state index contributed by atoms with van der Waals surface area (Å²) in [6.45, 7) is -1.02. The maximum atomic E-state index is 11.7. The van der Waals surface area contributed by atoms with Crippen LogP contribution in [0, 0.1) is 6.92 Å². The molecule has 0 aliphatic carbocycles. The van der Waals surface area contributed by atoms with Crippen molar-refractivity contribution in [3.8, 4) is 5.75 Å². The lowest BCUT2D eigenvalue weighted by Crippen LogP contribution is -2.02. The monoisotopic (exact) mass is 175 g/mol. The van der Waals surface area contributed by atoms with Crippen LogP contribution in [0.15, 0.2) is 24.3 Å². The van der Waals surface area contributed by atoms with Crippen molar-refractivity contribution in [2.45, 2.75) is 13.5 Å². The van der Waals surface area contributed by atoms with E-state index in [9.17, 15) is 8.78 Å².